The summed E-state index contributed by atoms with van der Waals surface area (Å²) in [5.41, 5.74) is 1.30. The van der Waals surface area contributed by atoms with E-state index in [0.29, 0.717) is 36.8 Å². The first-order valence-corrected chi connectivity index (χ1v) is 9.14. The van der Waals surface area contributed by atoms with E-state index in [-0.39, 0.29) is 18.4 Å². The van der Waals surface area contributed by atoms with E-state index >= 15 is 0 Å². The maximum absolute atomic E-state index is 12.3. The third kappa shape index (κ3) is 6.19. The molecule has 2 aromatic carbocycles. The Morgan fingerprint density at radius 2 is 1.68 bits per heavy atom. The zero-order valence-corrected chi connectivity index (χ0v) is 16.4. The van der Waals surface area contributed by atoms with E-state index in [0.717, 1.165) is 11.3 Å². The molecule has 2 amide bonds. The number of benzene rings is 2. The highest BCUT2D eigenvalue weighted by Crippen LogP contribution is 2.28. The lowest BCUT2D eigenvalue weighted by molar-refractivity contribution is -0.120. The molecule has 0 saturated heterocycles. The molecule has 28 heavy (non-hydrogen) atoms. The lowest BCUT2D eigenvalue weighted by Crippen LogP contribution is -2.36. The van der Waals surface area contributed by atoms with Crippen LogP contribution < -0.4 is 24.8 Å². The highest BCUT2D eigenvalue weighted by molar-refractivity contribution is 5.97. The van der Waals surface area contributed by atoms with Gasteiger partial charge in [-0.25, -0.2) is 0 Å². The highest BCUT2D eigenvalue weighted by Gasteiger charge is 2.12. The van der Waals surface area contributed by atoms with E-state index in [1.54, 1.807) is 25.3 Å². The fraction of sp³-hybridized carbons (Fsp3) is 0.333. The van der Waals surface area contributed by atoms with Gasteiger partial charge in [-0.1, -0.05) is 12.1 Å². The second kappa shape index (κ2) is 10.8. The normalized spacial score (nSPS) is 10.1. The summed E-state index contributed by atoms with van der Waals surface area (Å²) in [6.07, 6.45) is 0. The van der Waals surface area contributed by atoms with Gasteiger partial charge in [-0.3, -0.25) is 9.59 Å². The molecule has 0 atom stereocenters. The monoisotopic (exact) mass is 386 g/mol. The van der Waals surface area contributed by atoms with Crippen molar-refractivity contribution in [3.63, 3.8) is 0 Å². The van der Waals surface area contributed by atoms with Crippen LogP contribution in [0.3, 0.4) is 0 Å². The van der Waals surface area contributed by atoms with E-state index in [4.69, 9.17) is 14.2 Å². The van der Waals surface area contributed by atoms with E-state index in [9.17, 15) is 9.59 Å². The van der Waals surface area contributed by atoms with Gasteiger partial charge in [0, 0.05) is 12.1 Å². The van der Waals surface area contributed by atoms with Gasteiger partial charge in [0.05, 0.1) is 26.9 Å². The summed E-state index contributed by atoms with van der Waals surface area (Å²) in [6.45, 7) is 4.91. The Morgan fingerprint density at radius 3 is 2.39 bits per heavy atom. The first-order valence-electron chi connectivity index (χ1n) is 9.14. The lowest BCUT2D eigenvalue weighted by atomic mass is 10.2. The number of ether oxygens (including phenoxy) is 3. The molecule has 0 saturated carbocycles. The largest absolute Gasteiger partial charge is 0.497 e. The van der Waals surface area contributed by atoms with Gasteiger partial charge in [-0.05, 0) is 49.7 Å². The molecule has 0 bridgehead atoms. The number of carbonyl (C=O) groups excluding carboxylic acids is 2. The molecule has 0 unspecified atom stereocenters. The standard InChI is InChI=1S/C21H26N2O5/c1-4-27-18-10-9-16(12-19(18)28-5-2)21(25)23-14-20(24)22-13-15-7-6-8-17(11-15)26-3/h6-12H,4-5,13-14H2,1-3H3,(H,22,24)(H,23,25). The third-order valence-corrected chi connectivity index (χ3v) is 3.84. The molecule has 0 aromatic heterocycles. The Kier molecular flexibility index (Phi) is 8.14. The molecule has 0 spiro atoms. The minimum absolute atomic E-state index is 0.125. The van der Waals surface area contributed by atoms with Crippen LogP contribution in [0.15, 0.2) is 42.5 Å². The zero-order valence-electron chi connectivity index (χ0n) is 16.4. The SMILES string of the molecule is CCOc1ccc(C(=O)NCC(=O)NCc2cccc(OC)c2)cc1OCC. The minimum atomic E-state index is -0.361. The van der Waals surface area contributed by atoms with Crippen LogP contribution >= 0.6 is 0 Å². The fourth-order valence-electron chi connectivity index (χ4n) is 2.50. The van der Waals surface area contributed by atoms with Gasteiger partial charge in [0.15, 0.2) is 11.5 Å². The number of carbonyl (C=O) groups is 2. The number of amides is 2. The van der Waals surface area contributed by atoms with E-state index in [2.05, 4.69) is 10.6 Å². The van der Waals surface area contributed by atoms with Gasteiger partial charge in [-0.15, -0.1) is 0 Å². The van der Waals surface area contributed by atoms with Gasteiger partial charge in [0.1, 0.15) is 5.75 Å². The Hall–Kier alpha value is -3.22. The molecule has 0 aliphatic rings. The molecule has 0 fully saturated rings. The molecular weight excluding hydrogens is 360 g/mol. The van der Waals surface area contributed by atoms with Gasteiger partial charge < -0.3 is 24.8 Å². The Labute approximate surface area is 165 Å². The van der Waals surface area contributed by atoms with E-state index < -0.39 is 0 Å². The molecule has 2 rings (SSSR count). The Morgan fingerprint density at radius 1 is 0.929 bits per heavy atom. The van der Waals surface area contributed by atoms with Crippen molar-refractivity contribution in [1.82, 2.24) is 10.6 Å². The Balaban J connectivity index is 1.88. The summed E-state index contributed by atoms with van der Waals surface area (Å²) in [7, 11) is 1.59. The van der Waals surface area contributed by atoms with E-state index in [1.807, 2.05) is 38.1 Å². The van der Waals surface area contributed by atoms with Crippen molar-refractivity contribution < 1.29 is 23.8 Å². The molecule has 0 aliphatic carbocycles. The summed E-state index contributed by atoms with van der Waals surface area (Å²) in [5, 5.41) is 5.37. The summed E-state index contributed by atoms with van der Waals surface area (Å²) < 4.78 is 16.2. The number of rotatable bonds is 10. The molecule has 7 nitrogen and oxygen atoms in total. The molecule has 2 aromatic rings. The predicted molar refractivity (Wildman–Crippen MR) is 106 cm³/mol. The van der Waals surface area contributed by atoms with Crippen LogP contribution in [0, 0.1) is 0 Å². The topological polar surface area (TPSA) is 85.9 Å². The molecule has 0 heterocycles. The van der Waals surface area contributed by atoms with Gasteiger partial charge >= 0.3 is 0 Å². The maximum Gasteiger partial charge on any atom is 0.251 e. The van der Waals surface area contributed by atoms with Crippen LogP contribution in [0.1, 0.15) is 29.8 Å². The van der Waals surface area contributed by atoms with E-state index in [1.165, 1.54) is 0 Å². The van der Waals surface area contributed by atoms with Crippen molar-refractivity contribution in [2.45, 2.75) is 20.4 Å². The second-order valence-corrected chi connectivity index (χ2v) is 5.84. The number of methoxy groups -OCH3 is 1. The summed E-state index contributed by atoms with van der Waals surface area (Å²) in [6, 6.07) is 12.3. The first kappa shape index (κ1) is 21.1. The molecule has 2 N–H and O–H groups in total. The summed E-state index contributed by atoms with van der Waals surface area (Å²) >= 11 is 0. The van der Waals surface area contributed by atoms with Crippen LogP contribution in [0.4, 0.5) is 0 Å². The minimum Gasteiger partial charge on any atom is -0.497 e. The number of hydrogen-bond acceptors (Lipinski definition) is 5. The van der Waals surface area contributed by atoms with Crippen molar-refractivity contribution in [3.05, 3.63) is 53.6 Å². The first-order chi connectivity index (χ1) is 13.6. The smallest absolute Gasteiger partial charge is 0.251 e. The van der Waals surface area contributed by atoms with Crippen molar-refractivity contribution >= 4 is 11.8 Å². The average Bonchev–Trinajstić information content (AvgIpc) is 2.72. The second-order valence-electron chi connectivity index (χ2n) is 5.84. The molecule has 0 radical (unpaired) electrons. The number of nitrogens with one attached hydrogen (secondary N) is 2. The average molecular weight is 386 g/mol. The third-order valence-electron chi connectivity index (χ3n) is 3.84. The van der Waals surface area contributed by atoms with Gasteiger partial charge in [-0.2, -0.15) is 0 Å². The van der Waals surface area contributed by atoms with Crippen molar-refractivity contribution in [3.8, 4) is 17.2 Å². The number of hydrogen-bond donors (Lipinski definition) is 2. The lowest BCUT2D eigenvalue weighted by Gasteiger charge is -2.12. The highest BCUT2D eigenvalue weighted by atomic mass is 16.5. The van der Waals surface area contributed by atoms with Crippen molar-refractivity contribution in [1.29, 1.82) is 0 Å². The van der Waals surface area contributed by atoms with Crippen molar-refractivity contribution in [2.24, 2.45) is 0 Å². The maximum atomic E-state index is 12.3. The van der Waals surface area contributed by atoms with Crippen LogP contribution in [0.25, 0.3) is 0 Å². The molecular formula is C21H26N2O5. The Bertz CT molecular complexity index is 807. The molecule has 150 valence electrons. The van der Waals surface area contributed by atoms with Gasteiger partial charge in [0.2, 0.25) is 5.91 Å². The van der Waals surface area contributed by atoms with Gasteiger partial charge in [0.25, 0.3) is 5.91 Å². The van der Waals surface area contributed by atoms with Crippen LogP contribution in [0.2, 0.25) is 0 Å². The summed E-state index contributed by atoms with van der Waals surface area (Å²) in [4.78, 5) is 24.3. The van der Waals surface area contributed by atoms with Crippen LogP contribution in [-0.2, 0) is 11.3 Å². The molecule has 0 aliphatic heterocycles. The molecule has 7 heteroatoms. The quantitative estimate of drug-likeness (QED) is 0.655. The van der Waals surface area contributed by atoms with Crippen LogP contribution in [-0.4, -0.2) is 38.7 Å². The zero-order chi connectivity index (χ0) is 20.4. The van der Waals surface area contributed by atoms with Crippen LogP contribution in [0.5, 0.6) is 17.2 Å². The predicted octanol–water partition coefficient (Wildman–Crippen LogP) is 2.54. The summed E-state index contributed by atoms with van der Waals surface area (Å²) in [5.74, 6) is 1.16. The van der Waals surface area contributed by atoms with Crippen molar-refractivity contribution in [2.75, 3.05) is 26.9 Å². The fourth-order valence-corrected chi connectivity index (χ4v) is 2.50.